The van der Waals surface area contributed by atoms with Crippen molar-refractivity contribution in [3.05, 3.63) is 66.4 Å². The Balaban J connectivity index is 1.47. The molecule has 0 aliphatic carbocycles. The number of carbonyl (C=O) groups excluding carboxylic acids is 2. The summed E-state index contributed by atoms with van der Waals surface area (Å²) in [6, 6.07) is 16.9. The number of amides is 2. The molecule has 1 unspecified atom stereocenters. The molecule has 0 aliphatic heterocycles. The third-order valence-electron chi connectivity index (χ3n) is 4.27. The zero-order valence-electron chi connectivity index (χ0n) is 14.7. The lowest BCUT2D eigenvalue weighted by atomic mass is 10.2. The molecule has 0 spiro atoms. The Morgan fingerprint density at radius 3 is 2.50 bits per heavy atom. The predicted octanol–water partition coefficient (Wildman–Crippen LogP) is 1.84. The number of para-hydroxylation sites is 3. The number of rotatable bonds is 5. The minimum Gasteiger partial charge on any atom is -0.394 e. The molecule has 140 valence electrons. The molecular formula is C20H17N5O3. The van der Waals surface area contributed by atoms with Gasteiger partial charge in [-0.1, -0.05) is 36.4 Å². The van der Waals surface area contributed by atoms with Gasteiger partial charge in [0, 0.05) is 5.39 Å². The average Bonchev–Trinajstić information content (AvgIpc) is 3.13. The van der Waals surface area contributed by atoms with Gasteiger partial charge in [0.05, 0.1) is 23.2 Å². The minimum atomic E-state index is -1.14. The first kappa shape index (κ1) is 17.6. The van der Waals surface area contributed by atoms with Gasteiger partial charge in [0.2, 0.25) is 5.95 Å². The maximum Gasteiger partial charge on any atom is 0.270 e. The standard InChI is InChI=1S/C20H17N5O3/c26-11-17(19(28)25-20-23-14-7-3-4-8-15(14)24-20)22-18(27)16-10-9-12-5-1-2-6-13(12)21-16/h1-10,17,26H,11H2,(H,22,27)(H2,23,24,25,28). The van der Waals surface area contributed by atoms with Crippen LogP contribution in [0.5, 0.6) is 0 Å². The van der Waals surface area contributed by atoms with E-state index in [4.69, 9.17) is 0 Å². The van der Waals surface area contributed by atoms with Gasteiger partial charge in [-0.05, 0) is 24.3 Å². The monoisotopic (exact) mass is 375 g/mol. The Labute approximate surface area is 159 Å². The molecule has 2 aromatic carbocycles. The molecule has 1 atom stereocenters. The van der Waals surface area contributed by atoms with Crippen LogP contribution in [0.1, 0.15) is 10.5 Å². The molecule has 0 radical (unpaired) electrons. The number of benzene rings is 2. The Hall–Kier alpha value is -3.78. The van der Waals surface area contributed by atoms with Crippen LogP contribution < -0.4 is 10.6 Å². The lowest BCUT2D eigenvalue weighted by Crippen LogP contribution is -2.46. The molecule has 2 aromatic heterocycles. The maximum atomic E-state index is 12.5. The van der Waals surface area contributed by atoms with E-state index in [1.54, 1.807) is 24.3 Å². The smallest absolute Gasteiger partial charge is 0.270 e. The van der Waals surface area contributed by atoms with Gasteiger partial charge < -0.3 is 15.4 Å². The molecule has 8 heteroatoms. The van der Waals surface area contributed by atoms with Crippen molar-refractivity contribution in [2.24, 2.45) is 0 Å². The highest BCUT2D eigenvalue weighted by atomic mass is 16.3. The Morgan fingerprint density at radius 1 is 0.964 bits per heavy atom. The van der Waals surface area contributed by atoms with Gasteiger partial charge in [0.25, 0.3) is 11.8 Å². The fraction of sp³-hybridized carbons (Fsp3) is 0.100. The number of nitrogens with one attached hydrogen (secondary N) is 3. The quantitative estimate of drug-likeness (QED) is 0.424. The Bertz CT molecular complexity index is 1140. The van der Waals surface area contributed by atoms with E-state index in [0.717, 1.165) is 10.9 Å². The number of imidazole rings is 1. The van der Waals surface area contributed by atoms with E-state index in [0.29, 0.717) is 11.0 Å². The molecule has 4 N–H and O–H groups in total. The first-order chi connectivity index (χ1) is 13.6. The van der Waals surface area contributed by atoms with Crippen LogP contribution in [0.3, 0.4) is 0 Å². The van der Waals surface area contributed by atoms with Crippen LogP contribution >= 0.6 is 0 Å². The van der Waals surface area contributed by atoms with Crippen LogP contribution in [0.2, 0.25) is 0 Å². The zero-order valence-corrected chi connectivity index (χ0v) is 14.7. The van der Waals surface area contributed by atoms with Crippen LogP contribution in [-0.4, -0.2) is 44.5 Å². The number of H-pyrrole nitrogens is 1. The number of hydrogen-bond donors (Lipinski definition) is 4. The molecule has 8 nitrogen and oxygen atoms in total. The SMILES string of the molecule is O=C(NC(CO)C(=O)Nc1nc2ccccc2[nH]1)c1ccc2ccccc2n1. The molecule has 0 saturated carbocycles. The van der Waals surface area contributed by atoms with E-state index in [1.165, 1.54) is 0 Å². The second-order valence-electron chi connectivity index (χ2n) is 6.19. The molecule has 0 saturated heterocycles. The van der Waals surface area contributed by atoms with Crippen molar-refractivity contribution >= 4 is 39.7 Å². The summed E-state index contributed by atoms with van der Waals surface area (Å²) in [4.78, 5) is 36.4. The van der Waals surface area contributed by atoms with Crippen molar-refractivity contribution in [3.8, 4) is 0 Å². The summed E-state index contributed by atoms with van der Waals surface area (Å²) in [5.41, 5.74) is 2.29. The average molecular weight is 375 g/mol. The van der Waals surface area contributed by atoms with Crippen molar-refractivity contribution in [1.29, 1.82) is 0 Å². The lowest BCUT2D eigenvalue weighted by molar-refractivity contribution is -0.118. The van der Waals surface area contributed by atoms with E-state index < -0.39 is 24.5 Å². The number of anilines is 1. The van der Waals surface area contributed by atoms with E-state index >= 15 is 0 Å². The fourth-order valence-electron chi connectivity index (χ4n) is 2.83. The predicted molar refractivity (Wildman–Crippen MR) is 105 cm³/mol. The third kappa shape index (κ3) is 3.53. The summed E-state index contributed by atoms with van der Waals surface area (Å²) in [5.74, 6) is -0.900. The maximum absolute atomic E-state index is 12.5. The van der Waals surface area contributed by atoms with Crippen molar-refractivity contribution < 1.29 is 14.7 Å². The lowest BCUT2D eigenvalue weighted by Gasteiger charge is -2.15. The molecular weight excluding hydrogens is 358 g/mol. The summed E-state index contributed by atoms with van der Waals surface area (Å²) in [6.45, 7) is -0.564. The highest BCUT2D eigenvalue weighted by Crippen LogP contribution is 2.14. The van der Waals surface area contributed by atoms with Crippen molar-refractivity contribution in [2.75, 3.05) is 11.9 Å². The van der Waals surface area contributed by atoms with Crippen LogP contribution in [0.15, 0.2) is 60.7 Å². The number of nitrogens with zero attached hydrogens (tertiary/aromatic N) is 2. The number of carbonyl (C=O) groups is 2. The van der Waals surface area contributed by atoms with Crippen LogP contribution in [0.4, 0.5) is 5.95 Å². The van der Waals surface area contributed by atoms with Gasteiger partial charge in [-0.25, -0.2) is 9.97 Å². The summed E-state index contributed by atoms with van der Waals surface area (Å²) in [7, 11) is 0. The molecule has 0 aliphatic rings. The normalized spacial score (nSPS) is 12.0. The molecule has 4 aromatic rings. The number of aliphatic hydroxyl groups is 1. The van der Waals surface area contributed by atoms with E-state index in [9.17, 15) is 14.7 Å². The summed E-state index contributed by atoms with van der Waals surface area (Å²) in [5, 5.41) is 15.5. The molecule has 0 fully saturated rings. The van der Waals surface area contributed by atoms with Gasteiger partial charge in [-0.2, -0.15) is 0 Å². The van der Waals surface area contributed by atoms with E-state index in [-0.39, 0.29) is 11.6 Å². The first-order valence-electron chi connectivity index (χ1n) is 8.67. The number of aliphatic hydroxyl groups excluding tert-OH is 1. The fourth-order valence-corrected chi connectivity index (χ4v) is 2.83. The number of pyridine rings is 1. The van der Waals surface area contributed by atoms with Gasteiger partial charge in [-0.3, -0.25) is 14.9 Å². The molecule has 2 amide bonds. The Morgan fingerprint density at radius 2 is 1.71 bits per heavy atom. The second-order valence-corrected chi connectivity index (χ2v) is 6.19. The highest BCUT2D eigenvalue weighted by molar-refractivity contribution is 6.01. The number of aromatic amines is 1. The topological polar surface area (TPSA) is 120 Å². The van der Waals surface area contributed by atoms with E-state index in [1.807, 2.05) is 36.4 Å². The van der Waals surface area contributed by atoms with Gasteiger partial charge in [0.15, 0.2) is 0 Å². The van der Waals surface area contributed by atoms with Crippen molar-refractivity contribution in [1.82, 2.24) is 20.3 Å². The Kier molecular flexibility index (Phi) is 4.69. The van der Waals surface area contributed by atoms with E-state index in [2.05, 4.69) is 25.6 Å². The second kappa shape index (κ2) is 7.45. The molecule has 4 rings (SSSR count). The summed E-state index contributed by atoms with van der Waals surface area (Å²) < 4.78 is 0. The van der Waals surface area contributed by atoms with Crippen LogP contribution in [-0.2, 0) is 4.79 Å². The number of aromatic nitrogens is 3. The van der Waals surface area contributed by atoms with Crippen molar-refractivity contribution in [3.63, 3.8) is 0 Å². The largest absolute Gasteiger partial charge is 0.394 e. The van der Waals surface area contributed by atoms with Crippen LogP contribution in [0.25, 0.3) is 21.9 Å². The summed E-state index contributed by atoms with van der Waals surface area (Å²) in [6.07, 6.45) is 0. The van der Waals surface area contributed by atoms with Gasteiger partial charge >= 0.3 is 0 Å². The van der Waals surface area contributed by atoms with Crippen LogP contribution in [0, 0.1) is 0 Å². The van der Waals surface area contributed by atoms with Gasteiger partial charge in [0.1, 0.15) is 11.7 Å². The molecule has 0 bridgehead atoms. The number of hydrogen-bond acceptors (Lipinski definition) is 5. The first-order valence-corrected chi connectivity index (χ1v) is 8.67. The zero-order chi connectivity index (χ0) is 19.5. The molecule has 2 heterocycles. The minimum absolute atomic E-state index is 0.161. The third-order valence-corrected chi connectivity index (χ3v) is 4.27. The van der Waals surface area contributed by atoms with Crippen molar-refractivity contribution in [2.45, 2.75) is 6.04 Å². The number of fused-ring (bicyclic) bond motifs is 2. The molecule has 28 heavy (non-hydrogen) atoms. The van der Waals surface area contributed by atoms with Gasteiger partial charge in [-0.15, -0.1) is 0 Å². The highest BCUT2D eigenvalue weighted by Gasteiger charge is 2.22. The summed E-state index contributed by atoms with van der Waals surface area (Å²) >= 11 is 0.